The molecule has 1 atom stereocenters. The smallest absolute Gasteiger partial charge is 0.241 e. The van der Waals surface area contributed by atoms with Crippen LogP contribution in [-0.4, -0.2) is 36.3 Å². The molecule has 0 spiro atoms. The third-order valence-electron chi connectivity index (χ3n) is 3.77. The second kappa shape index (κ2) is 9.24. The fourth-order valence-electron chi connectivity index (χ4n) is 2.14. The topological polar surface area (TPSA) is 61.4 Å². The van der Waals surface area contributed by atoms with Crippen LogP contribution in [-0.2, 0) is 9.59 Å². The van der Waals surface area contributed by atoms with E-state index in [-0.39, 0.29) is 18.4 Å². The minimum Gasteiger partial charge on any atom is -0.324 e. The van der Waals surface area contributed by atoms with Crippen LogP contribution >= 0.6 is 34.8 Å². The monoisotopic (exact) mass is 413 g/mol. The van der Waals surface area contributed by atoms with Crippen LogP contribution in [0.15, 0.2) is 42.5 Å². The average Bonchev–Trinajstić information content (AvgIpc) is 2.58. The van der Waals surface area contributed by atoms with E-state index in [0.717, 1.165) is 0 Å². The van der Waals surface area contributed by atoms with Crippen molar-refractivity contribution < 1.29 is 9.59 Å². The Hall–Kier alpha value is -1.79. The normalized spacial score (nSPS) is 11.9. The van der Waals surface area contributed by atoms with E-state index in [2.05, 4.69) is 10.6 Å². The summed E-state index contributed by atoms with van der Waals surface area (Å²) in [6.07, 6.45) is 0. The maximum atomic E-state index is 12.4. The zero-order valence-corrected chi connectivity index (χ0v) is 16.5. The molecule has 0 fully saturated rings. The molecule has 0 saturated carbocycles. The maximum absolute atomic E-state index is 12.4. The van der Waals surface area contributed by atoms with Crippen molar-refractivity contribution >= 4 is 58.0 Å². The van der Waals surface area contributed by atoms with E-state index < -0.39 is 6.04 Å². The predicted molar refractivity (Wildman–Crippen MR) is 107 cm³/mol. The molecule has 0 aromatic heterocycles. The lowest BCUT2D eigenvalue weighted by molar-refractivity contribution is -0.122. The van der Waals surface area contributed by atoms with Gasteiger partial charge in [-0.2, -0.15) is 0 Å². The van der Waals surface area contributed by atoms with Gasteiger partial charge >= 0.3 is 0 Å². The number of carbonyl (C=O) groups excluding carboxylic acids is 2. The summed E-state index contributed by atoms with van der Waals surface area (Å²) in [5.74, 6) is -0.563. The van der Waals surface area contributed by atoms with E-state index in [1.165, 1.54) is 0 Å². The largest absolute Gasteiger partial charge is 0.324 e. The molecule has 2 aromatic rings. The van der Waals surface area contributed by atoms with Gasteiger partial charge in [0.25, 0.3) is 0 Å². The van der Waals surface area contributed by atoms with E-state index in [1.54, 1.807) is 61.3 Å². The zero-order chi connectivity index (χ0) is 19.3. The lowest BCUT2D eigenvalue weighted by Crippen LogP contribution is -2.43. The molecule has 5 nitrogen and oxygen atoms in total. The van der Waals surface area contributed by atoms with Crippen LogP contribution < -0.4 is 10.6 Å². The summed E-state index contributed by atoms with van der Waals surface area (Å²) in [5, 5.41) is 6.72. The first-order valence-corrected chi connectivity index (χ1v) is 8.92. The highest BCUT2D eigenvalue weighted by molar-refractivity contribution is 6.36. The Balaban J connectivity index is 1.93. The molecule has 2 amide bonds. The number of likely N-dealkylation sites (N-methyl/N-ethyl adjacent to an activating group) is 1. The average molecular weight is 415 g/mol. The van der Waals surface area contributed by atoms with Crippen molar-refractivity contribution in [3.63, 3.8) is 0 Å². The molecule has 2 rings (SSSR count). The second-order valence-electron chi connectivity index (χ2n) is 5.73. The fourth-order valence-corrected chi connectivity index (χ4v) is 2.78. The van der Waals surface area contributed by atoms with E-state index in [1.807, 2.05) is 0 Å². The summed E-state index contributed by atoms with van der Waals surface area (Å²) in [7, 11) is 1.68. The SMILES string of the molecule is C[C@H](C(=O)Nc1ccc(Cl)cc1Cl)N(C)CC(=O)Nc1ccccc1Cl. The van der Waals surface area contributed by atoms with Gasteiger partial charge < -0.3 is 10.6 Å². The summed E-state index contributed by atoms with van der Waals surface area (Å²) in [6.45, 7) is 1.72. The molecule has 26 heavy (non-hydrogen) atoms. The lowest BCUT2D eigenvalue weighted by atomic mass is 10.2. The maximum Gasteiger partial charge on any atom is 0.241 e. The highest BCUT2D eigenvalue weighted by atomic mass is 35.5. The second-order valence-corrected chi connectivity index (χ2v) is 6.98. The Bertz CT molecular complexity index is 814. The molecule has 0 unspecified atom stereocenters. The summed E-state index contributed by atoms with van der Waals surface area (Å²) < 4.78 is 0. The molecule has 2 aromatic carbocycles. The molecule has 0 aliphatic carbocycles. The molecule has 0 aliphatic heterocycles. The Kier molecular flexibility index (Phi) is 7.29. The van der Waals surface area contributed by atoms with Crippen molar-refractivity contribution in [2.75, 3.05) is 24.2 Å². The zero-order valence-electron chi connectivity index (χ0n) is 14.2. The van der Waals surface area contributed by atoms with E-state index in [9.17, 15) is 9.59 Å². The number of carbonyl (C=O) groups is 2. The Morgan fingerprint density at radius 3 is 2.31 bits per heavy atom. The Morgan fingerprint density at radius 1 is 1.00 bits per heavy atom. The van der Waals surface area contributed by atoms with Crippen LogP contribution in [0.2, 0.25) is 15.1 Å². The molecule has 8 heteroatoms. The number of nitrogens with zero attached hydrogens (tertiary/aromatic N) is 1. The summed E-state index contributed by atoms with van der Waals surface area (Å²) in [6, 6.07) is 11.2. The van der Waals surface area contributed by atoms with Gasteiger partial charge in [0.05, 0.1) is 34.0 Å². The van der Waals surface area contributed by atoms with Gasteiger partial charge in [-0.25, -0.2) is 0 Å². The number of anilines is 2. The van der Waals surface area contributed by atoms with Gasteiger partial charge in [-0.3, -0.25) is 14.5 Å². The molecular weight excluding hydrogens is 397 g/mol. The molecule has 0 heterocycles. The van der Waals surface area contributed by atoms with Crippen molar-refractivity contribution in [1.82, 2.24) is 4.90 Å². The number of amides is 2. The summed E-state index contributed by atoms with van der Waals surface area (Å²) in [5.41, 5.74) is 0.986. The number of hydrogen-bond acceptors (Lipinski definition) is 3. The molecule has 138 valence electrons. The first-order chi connectivity index (χ1) is 12.3. The molecular formula is C18H18Cl3N3O2. The van der Waals surface area contributed by atoms with Crippen molar-refractivity contribution in [2.24, 2.45) is 0 Å². The first kappa shape index (κ1) is 20.5. The molecule has 0 aliphatic rings. The van der Waals surface area contributed by atoms with Crippen molar-refractivity contribution in [3.05, 3.63) is 57.5 Å². The molecule has 0 saturated heterocycles. The lowest BCUT2D eigenvalue weighted by Gasteiger charge is -2.23. The summed E-state index contributed by atoms with van der Waals surface area (Å²) >= 11 is 17.9. The summed E-state index contributed by atoms with van der Waals surface area (Å²) in [4.78, 5) is 26.2. The van der Waals surface area contributed by atoms with Crippen LogP contribution in [0.25, 0.3) is 0 Å². The van der Waals surface area contributed by atoms with E-state index in [4.69, 9.17) is 34.8 Å². The van der Waals surface area contributed by atoms with Gasteiger partial charge in [0.2, 0.25) is 11.8 Å². The van der Waals surface area contributed by atoms with Crippen LogP contribution in [0.1, 0.15) is 6.92 Å². The minimum absolute atomic E-state index is 0.0220. The quantitative estimate of drug-likeness (QED) is 0.729. The van der Waals surface area contributed by atoms with E-state index in [0.29, 0.717) is 26.4 Å². The molecule has 2 N–H and O–H groups in total. The van der Waals surface area contributed by atoms with Crippen molar-refractivity contribution in [1.29, 1.82) is 0 Å². The van der Waals surface area contributed by atoms with Crippen LogP contribution in [0, 0.1) is 0 Å². The van der Waals surface area contributed by atoms with Gasteiger partial charge in [0.15, 0.2) is 0 Å². The molecule has 0 bridgehead atoms. The number of halogens is 3. The first-order valence-electron chi connectivity index (χ1n) is 7.78. The third kappa shape index (κ3) is 5.61. The van der Waals surface area contributed by atoms with E-state index >= 15 is 0 Å². The Morgan fingerprint density at radius 2 is 1.65 bits per heavy atom. The third-order valence-corrected chi connectivity index (χ3v) is 4.65. The van der Waals surface area contributed by atoms with Gasteiger partial charge in [-0.05, 0) is 44.3 Å². The Labute approximate surface area is 167 Å². The van der Waals surface area contributed by atoms with Crippen LogP contribution in [0.4, 0.5) is 11.4 Å². The number of rotatable bonds is 6. The van der Waals surface area contributed by atoms with Gasteiger partial charge in [0, 0.05) is 5.02 Å². The predicted octanol–water partition coefficient (Wildman–Crippen LogP) is 4.54. The minimum atomic E-state index is -0.557. The number of nitrogens with one attached hydrogen (secondary N) is 2. The van der Waals surface area contributed by atoms with Gasteiger partial charge in [-0.1, -0.05) is 46.9 Å². The number of benzene rings is 2. The highest BCUT2D eigenvalue weighted by Crippen LogP contribution is 2.25. The van der Waals surface area contributed by atoms with Crippen molar-refractivity contribution in [2.45, 2.75) is 13.0 Å². The van der Waals surface area contributed by atoms with Crippen molar-refractivity contribution in [3.8, 4) is 0 Å². The van der Waals surface area contributed by atoms with Crippen LogP contribution in [0.3, 0.4) is 0 Å². The molecule has 0 radical (unpaired) electrons. The fraction of sp³-hybridized carbons (Fsp3) is 0.222. The number of para-hydroxylation sites is 1. The standard InChI is InChI=1S/C18H18Cl3N3O2/c1-11(18(26)23-16-8-7-12(19)9-14(16)21)24(2)10-17(25)22-15-6-4-3-5-13(15)20/h3-9,11H,10H2,1-2H3,(H,22,25)(H,23,26)/t11-/m1/s1. The van der Waals surface area contributed by atoms with Gasteiger partial charge in [-0.15, -0.1) is 0 Å². The van der Waals surface area contributed by atoms with Gasteiger partial charge in [0.1, 0.15) is 0 Å². The number of hydrogen-bond donors (Lipinski definition) is 2. The highest BCUT2D eigenvalue weighted by Gasteiger charge is 2.21. The van der Waals surface area contributed by atoms with Crippen LogP contribution in [0.5, 0.6) is 0 Å².